The van der Waals surface area contributed by atoms with Crippen LogP contribution in [0.1, 0.15) is 63.1 Å². The fourth-order valence-corrected chi connectivity index (χ4v) is 6.29. The summed E-state index contributed by atoms with van der Waals surface area (Å²) in [5.74, 6) is 1.22. The van der Waals surface area contributed by atoms with Gasteiger partial charge in [0.2, 0.25) is 0 Å². The maximum absolute atomic E-state index is 13.9. The Morgan fingerprint density at radius 1 is 0.927 bits per heavy atom. The second-order valence-corrected chi connectivity index (χ2v) is 12.3. The number of fused-ring (bicyclic) bond motifs is 1. The van der Waals surface area contributed by atoms with E-state index in [2.05, 4.69) is 32.9 Å². The molecular formula is C35H35Cl2NO3. The number of nitrogens with two attached hydrogens (primary N) is 1. The van der Waals surface area contributed by atoms with E-state index in [9.17, 15) is 4.79 Å². The Morgan fingerprint density at radius 2 is 1.71 bits per heavy atom. The van der Waals surface area contributed by atoms with Crippen molar-refractivity contribution in [3.05, 3.63) is 105 Å². The van der Waals surface area contributed by atoms with Crippen molar-refractivity contribution < 1.29 is 14.3 Å². The number of nitrogen functional groups attached to an aromatic ring is 1. The Balaban J connectivity index is 1.57. The van der Waals surface area contributed by atoms with Gasteiger partial charge in [0, 0.05) is 44.8 Å². The van der Waals surface area contributed by atoms with E-state index in [4.69, 9.17) is 38.4 Å². The van der Waals surface area contributed by atoms with Gasteiger partial charge in [-0.3, -0.25) is 4.79 Å². The number of allylic oxidation sites excluding steroid dienone is 2. The average Bonchev–Trinajstić information content (AvgIpc) is 2.92. The molecule has 6 heteroatoms. The van der Waals surface area contributed by atoms with E-state index in [-0.39, 0.29) is 23.7 Å². The number of hydrogen-bond acceptors (Lipinski definition) is 4. The molecule has 41 heavy (non-hydrogen) atoms. The first kappa shape index (κ1) is 29.0. The summed E-state index contributed by atoms with van der Waals surface area (Å²) in [6.45, 7) is 9.08. The number of anilines is 1. The lowest BCUT2D eigenvalue weighted by Gasteiger charge is -2.35. The fraction of sp³-hybridized carbons (Fsp3) is 0.286. The lowest BCUT2D eigenvalue weighted by atomic mass is 9.68. The summed E-state index contributed by atoms with van der Waals surface area (Å²) in [6, 6.07) is 23.5. The predicted molar refractivity (Wildman–Crippen MR) is 170 cm³/mol. The van der Waals surface area contributed by atoms with E-state index >= 15 is 0 Å². The van der Waals surface area contributed by atoms with Crippen molar-refractivity contribution in [2.45, 2.75) is 53.1 Å². The molecule has 1 atom stereocenters. The minimum Gasteiger partial charge on any atom is -0.490 e. The molecule has 0 saturated carbocycles. The van der Waals surface area contributed by atoms with Gasteiger partial charge in [-0.05, 0) is 71.0 Å². The van der Waals surface area contributed by atoms with Crippen molar-refractivity contribution >= 4 is 51.0 Å². The minimum atomic E-state index is -0.175. The molecule has 4 aromatic carbocycles. The largest absolute Gasteiger partial charge is 0.490 e. The van der Waals surface area contributed by atoms with Crippen molar-refractivity contribution in [1.29, 1.82) is 0 Å². The molecule has 4 nitrogen and oxygen atoms in total. The number of halogens is 2. The van der Waals surface area contributed by atoms with E-state index in [0.29, 0.717) is 40.3 Å². The van der Waals surface area contributed by atoms with Crippen LogP contribution < -0.4 is 15.2 Å². The standard InChI is InChI=1S/C35H35Cl2NO3/c1-5-40-32-16-23(12-15-31(32)41-20-24-10-13-25(36)17-28(24)37)21(2)33-27(18-35(3,4)19-30(33)39)34-26-9-7-6-8-22(26)11-14-29(34)38/h6-17,21H,5,18-20,38H2,1-4H3/t21-/m0/s1. The first-order valence-electron chi connectivity index (χ1n) is 14.0. The fourth-order valence-electron chi connectivity index (χ4n) is 5.83. The highest BCUT2D eigenvalue weighted by atomic mass is 35.5. The van der Waals surface area contributed by atoms with Crippen LogP contribution in [0.4, 0.5) is 5.69 Å². The van der Waals surface area contributed by atoms with E-state index < -0.39 is 0 Å². The predicted octanol–water partition coefficient (Wildman–Crippen LogP) is 9.65. The van der Waals surface area contributed by atoms with E-state index in [1.54, 1.807) is 12.1 Å². The first-order valence-corrected chi connectivity index (χ1v) is 14.7. The quantitative estimate of drug-likeness (QED) is 0.208. The van der Waals surface area contributed by atoms with Gasteiger partial charge in [0.15, 0.2) is 17.3 Å². The normalized spacial score (nSPS) is 15.7. The smallest absolute Gasteiger partial charge is 0.161 e. The van der Waals surface area contributed by atoms with Gasteiger partial charge in [-0.2, -0.15) is 0 Å². The van der Waals surface area contributed by atoms with Crippen LogP contribution in [0.15, 0.2) is 78.4 Å². The van der Waals surface area contributed by atoms with Crippen molar-refractivity contribution in [3.8, 4) is 11.5 Å². The molecule has 4 aromatic rings. The van der Waals surface area contributed by atoms with Gasteiger partial charge in [-0.15, -0.1) is 0 Å². The van der Waals surface area contributed by atoms with Crippen LogP contribution in [0, 0.1) is 5.41 Å². The zero-order valence-corrected chi connectivity index (χ0v) is 25.4. The molecule has 0 aromatic heterocycles. The van der Waals surface area contributed by atoms with Gasteiger partial charge >= 0.3 is 0 Å². The van der Waals surface area contributed by atoms with Crippen molar-refractivity contribution in [2.75, 3.05) is 12.3 Å². The van der Waals surface area contributed by atoms with Crippen molar-refractivity contribution in [2.24, 2.45) is 5.41 Å². The monoisotopic (exact) mass is 587 g/mol. The lowest BCUT2D eigenvalue weighted by Crippen LogP contribution is -2.27. The molecular weight excluding hydrogens is 553 g/mol. The molecule has 0 amide bonds. The van der Waals surface area contributed by atoms with Gasteiger partial charge in [-0.1, -0.05) is 86.4 Å². The molecule has 1 aliphatic rings. The maximum atomic E-state index is 13.9. The van der Waals surface area contributed by atoms with Crippen LogP contribution in [-0.4, -0.2) is 12.4 Å². The van der Waals surface area contributed by atoms with Crippen LogP contribution in [0.3, 0.4) is 0 Å². The molecule has 5 rings (SSSR count). The average molecular weight is 589 g/mol. The lowest BCUT2D eigenvalue weighted by molar-refractivity contribution is -0.118. The van der Waals surface area contributed by atoms with Crippen molar-refractivity contribution in [3.63, 3.8) is 0 Å². The summed E-state index contributed by atoms with van der Waals surface area (Å²) in [7, 11) is 0. The second kappa shape index (κ2) is 11.8. The molecule has 0 unspecified atom stereocenters. The highest BCUT2D eigenvalue weighted by Gasteiger charge is 2.37. The van der Waals surface area contributed by atoms with Gasteiger partial charge < -0.3 is 15.2 Å². The number of ketones is 1. The van der Waals surface area contributed by atoms with Gasteiger partial charge in [0.1, 0.15) is 6.61 Å². The summed E-state index contributed by atoms with van der Waals surface area (Å²) in [6.07, 6.45) is 1.25. The van der Waals surface area contributed by atoms with E-state index in [1.165, 1.54) is 0 Å². The molecule has 212 valence electrons. The number of benzene rings is 4. The molecule has 0 saturated heterocycles. The zero-order valence-electron chi connectivity index (χ0n) is 23.9. The molecule has 1 aliphatic carbocycles. The Bertz CT molecular complexity index is 1660. The molecule has 2 N–H and O–H groups in total. The number of carbonyl (C=O) groups is 1. The third kappa shape index (κ3) is 6.10. The number of carbonyl (C=O) groups excluding carboxylic acids is 1. The summed E-state index contributed by atoms with van der Waals surface area (Å²) < 4.78 is 12.1. The third-order valence-electron chi connectivity index (χ3n) is 7.78. The van der Waals surface area contributed by atoms with Crippen LogP contribution in [-0.2, 0) is 11.4 Å². The molecule has 0 heterocycles. The number of ether oxygens (including phenoxy) is 2. The van der Waals surface area contributed by atoms with E-state index in [1.807, 2.05) is 55.5 Å². The van der Waals surface area contributed by atoms with Crippen LogP contribution in [0.25, 0.3) is 16.3 Å². The van der Waals surface area contributed by atoms with Crippen molar-refractivity contribution in [1.82, 2.24) is 0 Å². The van der Waals surface area contributed by atoms with Gasteiger partial charge in [0.25, 0.3) is 0 Å². The topological polar surface area (TPSA) is 61.5 Å². The number of hydrogen-bond donors (Lipinski definition) is 1. The summed E-state index contributed by atoms with van der Waals surface area (Å²) >= 11 is 12.4. The minimum absolute atomic E-state index is 0.159. The summed E-state index contributed by atoms with van der Waals surface area (Å²) in [5.41, 5.74) is 11.8. The van der Waals surface area contributed by atoms with Crippen LogP contribution in [0.2, 0.25) is 10.0 Å². The third-order valence-corrected chi connectivity index (χ3v) is 8.37. The number of rotatable bonds is 8. The molecule has 0 aliphatic heterocycles. The van der Waals surface area contributed by atoms with Crippen LogP contribution in [0.5, 0.6) is 11.5 Å². The van der Waals surface area contributed by atoms with Gasteiger partial charge in [-0.25, -0.2) is 0 Å². The van der Waals surface area contributed by atoms with Crippen LogP contribution >= 0.6 is 23.2 Å². The highest BCUT2D eigenvalue weighted by molar-refractivity contribution is 6.35. The molecule has 0 radical (unpaired) electrons. The first-order chi connectivity index (χ1) is 19.6. The Hall–Kier alpha value is -3.47. The Morgan fingerprint density at radius 3 is 2.46 bits per heavy atom. The molecule has 0 spiro atoms. The SMILES string of the molecule is CCOc1cc([C@H](C)C2=C(c3c(N)ccc4ccccc34)CC(C)(C)CC2=O)ccc1OCc1ccc(Cl)cc1Cl. The second-order valence-electron chi connectivity index (χ2n) is 11.5. The highest BCUT2D eigenvalue weighted by Crippen LogP contribution is 2.49. The summed E-state index contributed by atoms with van der Waals surface area (Å²) in [4.78, 5) is 13.9. The maximum Gasteiger partial charge on any atom is 0.161 e. The zero-order chi connectivity index (χ0) is 29.3. The molecule has 0 fully saturated rings. The Kier molecular flexibility index (Phi) is 8.35. The Labute approximate surface area is 252 Å². The van der Waals surface area contributed by atoms with Gasteiger partial charge in [0.05, 0.1) is 6.61 Å². The molecule has 0 bridgehead atoms. The number of Topliss-reactive ketones (excluding diaryl/α,β-unsaturated/α-hetero) is 1. The van der Waals surface area contributed by atoms with E-state index in [0.717, 1.165) is 45.0 Å². The summed E-state index contributed by atoms with van der Waals surface area (Å²) in [5, 5.41) is 3.29.